The minimum atomic E-state index is -0.288. The third-order valence-electron chi connectivity index (χ3n) is 3.28. The van der Waals surface area contributed by atoms with Crippen LogP contribution in [0, 0.1) is 0 Å². The third kappa shape index (κ3) is 4.33. The van der Waals surface area contributed by atoms with E-state index in [1.807, 2.05) is 0 Å². The second-order valence-corrected chi connectivity index (χ2v) is 6.45. The van der Waals surface area contributed by atoms with Gasteiger partial charge in [-0.05, 0) is 30.3 Å². The lowest BCUT2D eigenvalue weighted by molar-refractivity contribution is -0.118. The van der Waals surface area contributed by atoms with Crippen molar-refractivity contribution >= 4 is 39.1 Å². The molecule has 1 heterocycles. The van der Waals surface area contributed by atoms with E-state index in [1.54, 1.807) is 36.4 Å². The van der Waals surface area contributed by atoms with Gasteiger partial charge in [-0.2, -0.15) is 0 Å². The summed E-state index contributed by atoms with van der Waals surface area (Å²) in [5.74, 6) is 1.47. The fourth-order valence-electron chi connectivity index (χ4n) is 2.17. The van der Waals surface area contributed by atoms with Gasteiger partial charge in [0.1, 0.15) is 5.75 Å². The number of anilines is 1. The molecule has 24 heavy (non-hydrogen) atoms. The molecular formula is C17H15BrClNO4. The largest absolute Gasteiger partial charge is 0.490 e. The highest BCUT2D eigenvalue weighted by Gasteiger charge is 2.12. The van der Waals surface area contributed by atoms with Crippen LogP contribution in [-0.4, -0.2) is 25.7 Å². The average Bonchev–Trinajstić information content (AvgIpc) is 2.79. The van der Waals surface area contributed by atoms with Crippen LogP contribution in [0.3, 0.4) is 0 Å². The van der Waals surface area contributed by atoms with Crippen LogP contribution >= 0.6 is 27.5 Å². The number of rotatable bonds is 4. The minimum absolute atomic E-state index is 0.143. The summed E-state index contributed by atoms with van der Waals surface area (Å²) >= 11 is 9.37. The standard InChI is InChI=1S/C17H15BrClNO4/c18-11-2-4-14(13(19)8-11)24-10-17(21)20-12-3-5-15-16(9-12)23-7-1-6-22-15/h2-5,8-9H,1,6-7,10H2,(H,20,21). The molecule has 7 heteroatoms. The average molecular weight is 413 g/mol. The molecule has 0 saturated heterocycles. The summed E-state index contributed by atoms with van der Waals surface area (Å²) in [6.45, 7) is 1.08. The van der Waals surface area contributed by atoms with E-state index in [0.29, 0.717) is 41.2 Å². The number of carbonyl (C=O) groups excluding carboxylic acids is 1. The molecule has 126 valence electrons. The Labute approximate surface area is 153 Å². The van der Waals surface area contributed by atoms with Crippen molar-refractivity contribution in [2.24, 2.45) is 0 Å². The highest BCUT2D eigenvalue weighted by Crippen LogP contribution is 2.32. The Morgan fingerprint density at radius 1 is 1.17 bits per heavy atom. The predicted molar refractivity (Wildman–Crippen MR) is 95.3 cm³/mol. The summed E-state index contributed by atoms with van der Waals surface area (Å²) in [4.78, 5) is 12.0. The maximum Gasteiger partial charge on any atom is 0.262 e. The number of fused-ring (bicyclic) bond motifs is 1. The van der Waals surface area contributed by atoms with Gasteiger partial charge in [-0.1, -0.05) is 27.5 Å². The van der Waals surface area contributed by atoms with E-state index in [-0.39, 0.29) is 12.5 Å². The van der Waals surface area contributed by atoms with Crippen LogP contribution < -0.4 is 19.5 Å². The smallest absolute Gasteiger partial charge is 0.262 e. The minimum Gasteiger partial charge on any atom is -0.490 e. The summed E-state index contributed by atoms with van der Waals surface area (Å²) in [5.41, 5.74) is 0.620. The van der Waals surface area contributed by atoms with Crippen molar-refractivity contribution in [2.75, 3.05) is 25.1 Å². The maximum absolute atomic E-state index is 12.0. The molecule has 0 unspecified atom stereocenters. The Morgan fingerprint density at radius 3 is 2.75 bits per heavy atom. The second-order valence-electron chi connectivity index (χ2n) is 5.12. The van der Waals surface area contributed by atoms with Crippen LogP contribution in [0.15, 0.2) is 40.9 Å². The fourth-order valence-corrected chi connectivity index (χ4v) is 2.90. The van der Waals surface area contributed by atoms with Gasteiger partial charge in [0, 0.05) is 22.6 Å². The molecule has 2 aromatic rings. The van der Waals surface area contributed by atoms with Crippen molar-refractivity contribution < 1.29 is 19.0 Å². The molecule has 1 N–H and O–H groups in total. The summed E-state index contributed by atoms with van der Waals surface area (Å²) in [5, 5.41) is 3.20. The lowest BCUT2D eigenvalue weighted by Gasteiger charge is -2.11. The number of halogens is 2. The molecule has 1 amide bonds. The van der Waals surface area contributed by atoms with Gasteiger partial charge in [0.05, 0.1) is 18.2 Å². The molecule has 0 radical (unpaired) electrons. The number of carbonyl (C=O) groups is 1. The van der Waals surface area contributed by atoms with Gasteiger partial charge in [0.2, 0.25) is 0 Å². The third-order valence-corrected chi connectivity index (χ3v) is 4.07. The normalized spacial score (nSPS) is 13.1. The Kier molecular flexibility index (Phi) is 5.48. The van der Waals surface area contributed by atoms with E-state index in [1.165, 1.54) is 0 Å². The SMILES string of the molecule is O=C(COc1ccc(Br)cc1Cl)Nc1ccc2c(c1)OCCCO2. The molecule has 0 aromatic heterocycles. The molecule has 0 fully saturated rings. The monoisotopic (exact) mass is 411 g/mol. The molecule has 2 aromatic carbocycles. The zero-order valence-corrected chi connectivity index (χ0v) is 15.0. The van der Waals surface area contributed by atoms with Gasteiger partial charge in [0.25, 0.3) is 5.91 Å². The van der Waals surface area contributed by atoms with E-state index < -0.39 is 0 Å². The Balaban J connectivity index is 1.59. The number of nitrogens with one attached hydrogen (secondary N) is 1. The van der Waals surface area contributed by atoms with Gasteiger partial charge in [0.15, 0.2) is 18.1 Å². The summed E-state index contributed by atoms with van der Waals surface area (Å²) in [6.07, 6.45) is 0.832. The van der Waals surface area contributed by atoms with E-state index in [9.17, 15) is 4.79 Å². The lowest BCUT2D eigenvalue weighted by atomic mass is 10.2. The van der Waals surface area contributed by atoms with Crippen LogP contribution in [0.4, 0.5) is 5.69 Å². The number of hydrogen-bond donors (Lipinski definition) is 1. The summed E-state index contributed by atoms with van der Waals surface area (Å²) < 4.78 is 17.4. The summed E-state index contributed by atoms with van der Waals surface area (Å²) in [6, 6.07) is 10.5. The van der Waals surface area contributed by atoms with Crippen LogP contribution in [0.1, 0.15) is 6.42 Å². The first-order valence-electron chi connectivity index (χ1n) is 7.39. The van der Waals surface area contributed by atoms with Gasteiger partial charge < -0.3 is 19.5 Å². The lowest BCUT2D eigenvalue weighted by Crippen LogP contribution is -2.20. The zero-order valence-electron chi connectivity index (χ0n) is 12.7. The van der Waals surface area contributed by atoms with Gasteiger partial charge >= 0.3 is 0 Å². The molecular weight excluding hydrogens is 398 g/mol. The first-order valence-corrected chi connectivity index (χ1v) is 8.56. The second kappa shape index (κ2) is 7.77. The highest BCUT2D eigenvalue weighted by molar-refractivity contribution is 9.10. The van der Waals surface area contributed by atoms with E-state index >= 15 is 0 Å². The van der Waals surface area contributed by atoms with Crippen LogP contribution in [0.25, 0.3) is 0 Å². The maximum atomic E-state index is 12.0. The highest BCUT2D eigenvalue weighted by atomic mass is 79.9. The van der Waals surface area contributed by atoms with Crippen LogP contribution in [0.5, 0.6) is 17.2 Å². The molecule has 0 atom stereocenters. The Bertz CT molecular complexity index is 753. The van der Waals surface area contributed by atoms with Gasteiger partial charge in [-0.15, -0.1) is 0 Å². The number of amides is 1. The number of hydrogen-bond acceptors (Lipinski definition) is 4. The van der Waals surface area contributed by atoms with Crippen molar-refractivity contribution in [3.05, 3.63) is 45.9 Å². The van der Waals surface area contributed by atoms with Crippen molar-refractivity contribution in [3.8, 4) is 17.2 Å². The first kappa shape index (κ1) is 16.9. The van der Waals surface area contributed by atoms with E-state index in [0.717, 1.165) is 10.9 Å². The van der Waals surface area contributed by atoms with Crippen molar-refractivity contribution in [1.82, 2.24) is 0 Å². The first-order chi connectivity index (χ1) is 11.6. The molecule has 5 nitrogen and oxygen atoms in total. The van der Waals surface area contributed by atoms with E-state index in [2.05, 4.69) is 21.2 Å². The molecule has 0 spiro atoms. The Morgan fingerprint density at radius 2 is 1.96 bits per heavy atom. The molecule has 0 saturated carbocycles. The quantitative estimate of drug-likeness (QED) is 0.814. The van der Waals surface area contributed by atoms with Gasteiger partial charge in [-0.3, -0.25) is 4.79 Å². The van der Waals surface area contributed by atoms with E-state index in [4.69, 9.17) is 25.8 Å². The summed E-state index contributed by atoms with van der Waals surface area (Å²) in [7, 11) is 0. The van der Waals surface area contributed by atoms with Crippen molar-refractivity contribution in [2.45, 2.75) is 6.42 Å². The molecule has 1 aliphatic heterocycles. The van der Waals surface area contributed by atoms with Crippen LogP contribution in [0.2, 0.25) is 5.02 Å². The molecule has 0 aliphatic carbocycles. The number of ether oxygens (including phenoxy) is 3. The molecule has 3 rings (SSSR count). The molecule has 0 bridgehead atoms. The Hall–Kier alpha value is -1.92. The topological polar surface area (TPSA) is 56.8 Å². The predicted octanol–water partition coefficient (Wildman–Crippen LogP) is 4.28. The van der Waals surface area contributed by atoms with Crippen LogP contribution in [-0.2, 0) is 4.79 Å². The molecule has 1 aliphatic rings. The van der Waals surface area contributed by atoms with Gasteiger partial charge in [-0.25, -0.2) is 0 Å². The fraction of sp³-hybridized carbons (Fsp3) is 0.235. The van der Waals surface area contributed by atoms with Crippen molar-refractivity contribution in [3.63, 3.8) is 0 Å². The number of benzene rings is 2. The zero-order chi connectivity index (χ0) is 16.9. The van der Waals surface area contributed by atoms with Crippen molar-refractivity contribution in [1.29, 1.82) is 0 Å².